The van der Waals surface area contributed by atoms with Crippen LogP contribution in [0.25, 0.3) is 11.5 Å². The quantitative estimate of drug-likeness (QED) is 0.871. The molecular weight excluding hydrogens is 292 g/mol. The second kappa shape index (κ2) is 6.10. The summed E-state index contributed by atoms with van der Waals surface area (Å²) in [6.07, 6.45) is 8.80. The van der Waals surface area contributed by atoms with Crippen molar-refractivity contribution in [3.05, 3.63) is 30.4 Å². The van der Waals surface area contributed by atoms with E-state index >= 15 is 0 Å². The standard InChI is InChI=1S/C17H20N4O2/c22-17(13-3-1-2-4-13)21-10-7-14(11-21)15-19-16(23-20-15)12-5-8-18-9-6-12/h5-6,8-9,13-14H,1-4,7,10-11H2. The molecule has 1 amide bonds. The molecule has 0 bridgehead atoms. The molecule has 3 heterocycles. The third-order valence-corrected chi connectivity index (χ3v) is 4.94. The van der Waals surface area contributed by atoms with Gasteiger partial charge in [0, 0.05) is 42.9 Å². The van der Waals surface area contributed by atoms with E-state index < -0.39 is 0 Å². The lowest BCUT2D eigenvalue weighted by atomic mass is 10.1. The molecule has 1 aliphatic heterocycles. The molecule has 2 fully saturated rings. The molecule has 4 rings (SSSR count). The van der Waals surface area contributed by atoms with Crippen LogP contribution >= 0.6 is 0 Å². The number of likely N-dealkylation sites (tertiary alicyclic amines) is 1. The smallest absolute Gasteiger partial charge is 0.258 e. The first-order valence-electron chi connectivity index (χ1n) is 8.34. The van der Waals surface area contributed by atoms with Gasteiger partial charge in [-0.2, -0.15) is 4.98 Å². The van der Waals surface area contributed by atoms with Gasteiger partial charge in [0.25, 0.3) is 5.89 Å². The van der Waals surface area contributed by atoms with Crippen LogP contribution in [0.1, 0.15) is 43.8 Å². The summed E-state index contributed by atoms with van der Waals surface area (Å²) < 4.78 is 5.37. The van der Waals surface area contributed by atoms with Gasteiger partial charge in [-0.3, -0.25) is 9.78 Å². The number of nitrogens with zero attached hydrogens (tertiary/aromatic N) is 4. The van der Waals surface area contributed by atoms with Crippen LogP contribution < -0.4 is 0 Å². The maximum Gasteiger partial charge on any atom is 0.258 e. The summed E-state index contributed by atoms with van der Waals surface area (Å²) >= 11 is 0. The van der Waals surface area contributed by atoms with Crippen molar-refractivity contribution in [1.82, 2.24) is 20.0 Å². The van der Waals surface area contributed by atoms with Gasteiger partial charge in [-0.1, -0.05) is 18.0 Å². The number of aromatic nitrogens is 3. The lowest BCUT2D eigenvalue weighted by Crippen LogP contribution is -2.33. The fourth-order valence-corrected chi connectivity index (χ4v) is 3.61. The molecule has 2 aromatic heterocycles. The highest BCUT2D eigenvalue weighted by atomic mass is 16.5. The average Bonchev–Trinajstić information content (AvgIpc) is 3.35. The number of hydrogen-bond donors (Lipinski definition) is 0. The van der Waals surface area contributed by atoms with E-state index in [4.69, 9.17) is 4.52 Å². The first-order chi connectivity index (χ1) is 11.3. The average molecular weight is 312 g/mol. The van der Waals surface area contributed by atoms with Gasteiger partial charge in [-0.25, -0.2) is 0 Å². The van der Waals surface area contributed by atoms with Crippen LogP contribution in [0.5, 0.6) is 0 Å². The maximum absolute atomic E-state index is 12.5. The molecule has 6 heteroatoms. The van der Waals surface area contributed by atoms with Gasteiger partial charge < -0.3 is 9.42 Å². The minimum Gasteiger partial charge on any atom is -0.342 e. The Balaban J connectivity index is 1.44. The van der Waals surface area contributed by atoms with Crippen LogP contribution in [0.4, 0.5) is 0 Å². The molecule has 23 heavy (non-hydrogen) atoms. The van der Waals surface area contributed by atoms with Gasteiger partial charge in [-0.05, 0) is 31.4 Å². The molecule has 0 N–H and O–H groups in total. The van der Waals surface area contributed by atoms with E-state index in [1.54, 1.807) is 12.4 Å². The van der Waals surface area contributed by atoms with Crippen LogP contribution in [0.2, 0.25) is 0 Å². The lowest BCUT2D eigenvalue weighted by Gasteiger charge is -2.19. The van der Waals surface area contributed by atoms with Crippen LogP contribution in [0, 0.1) is 5.92 Å². The molecule has 0 radical (unpaired) electrons. The third-order valence-electron chi connectivity index (χ3n) is 4.94. The highest BCUT2D eigenvalue weighted by Gasteiger charge is 2.34. The van der Waals surface area contributed by atoms with Crippen molar-refractivity contribution in [2.45, 2.75) is 38.0 Å². The van der Waals surface area contributed by atoms with E-state index in [9.17, 15) is 4.79 Å². The molecule has 0 aromatic carbocycles. The summed E-state index contributed by atoms with van der Waals surface area (Å²) in [4.78, 5) is 23.0. The topological polar surface area (TPSA) is 72.1 Å². The number of hydrogen-bond acceptors (Lipinski definition) is 5. The second-order valence-corrected chi connectivity index (χ2v) is 6.44. The van der Waals surface area contributed by atoms with Crippen LogP contribution in [0.15, 0.2) is 29.0 Å². The van der Waals surface area contributed by atoms with Gasteiger partial charge in [0.1, 0.15) is 0 Å². The van der Waals surface area contributed by atoms with Gasteiger partial charge in [-0.15, -0.1) is 0 Å². The predicted molar refractivity (Wildman–Crippen MR) is 83.4 cm³/mol. The van der Waals surface area contributed by atoms with E-state index in [-0.39, 0.29) is 11.8 Å². The summed E-state index contributed by atoms with van der Waals surface area (Å²) in [7, 11) is 0. The Hall–Kier alpha value is -2.24. The summed E-state index contributed by atoms with van der Waals surface area (Å²) in [5.74, 6) is 1.97. The monoisotopic (exact) mass is 312 g/mol. The van der Waals surface area contributed by atoms with Crippen molar-refractivity contribution in [2.24, 2.45) is 5.92 Å². The van der Waals surface area contributed by atoms with Gasteiger partial charge in [0.2, 0.25) is 5.91 Å². The first-order valence-corrected chi connectivity index (χ1v) is 8.34. The Morgan fingerprint density at radius 2 is 1.96 bits per heavy atom. The summed E-state index contributed by atoms with van der Waals surface area (Å²) in [5.41, 5.74) is 0.871. The van der Waals surface area contributed by atoms with E-state index in [1.807, 2.05) is 17.0 Å². The fraction of sp³-hybridized carbons (Fsp3) is 0.529. The number of carbonyl (C=O) groups excluding carboxylic acids is 1. The Labute approximate surface area is 134 Å². The first kappa shape index (κ1) is 14.4. The Morgan fingerprint density at radius 3 is 2.74 bits per heavy atom. The molecule has 1 saturated carbocycles. The van der Waals surface area contributed by atoms with E-state index in [2.05, 4.69) is 15.1 Å². The third kappa shape index (κ3) is 2.85. The Kier molecular flexibility index (Phi) is 3.81. The molecule has 1 unspecified atom stereocenters. The van der Waals surface area contributed by atoms with Crippen LogP contribution in [-0.2, 0) is 4.79 Å². The fourth-order valence-electron chi connectivity index (χ4n) is 3.61. The number of pyridine rings is 1. The van der Waals surface area contributed by atoms with E-state index in [0.29, 0.717) is 24.2 Å². The SMILES string of the molecule is O=C(C1CCCC1)N1CCC(c2noc(-c3ccncc3)n2)C1. The zero-order valence-electron chi connectivity index (χ0n) is 13.0. The zero-order valence-corrected chi connectivity index (χ0v) is 13.0. The summed E-state index contributed by atoms with van der Waals surface area (Å²) in [6.45, 7) is 1.52. The molecule has 6 nitrogen and oxygen atoms in total. The molecule has 2 aromatic rings. The Morgan fingerprint density at radius 1 is 1.17 bits per heavy atom. The molecule has 1 atom stereocenters. The maximum atomic E-state index is 12.5. The molecular formula is C17H20N4O2. The zero-order chi connectivity index (χ0) is 15.6. The minimum absolute atomic E-state index is 0.180. The Bertz CT molecular complexity index is 679. The van der Waals surface area contributed by atoms with E-state index in [0.717, 1.165) is 31.4 Å². The van der Waals surface area contributed by atoms with Crippen molar-refractivity contribution in [1.29, 1.82) is 0 Å². The number of rotatable bonds is 3. The van der Waals surface area contributed by atoms with Gasteiger partial charge in [0.15, 0.2) is 5.82 Å². The minimum atomic E-state index is 0.180. The van der Waals surface area contributed by atoms with Crippen LogP contribution in [-0.4, -0.2) is 39.0 Å². The van der Waals surface area contributed by atoms with E-state index in [1.165, 1.54) is 12.8 Å². The predicted octanol–water partition coefficient (Wildman–Crippen LogP) is 2.64. The van der Waals surface area contributed by atoms with Crippen molar-refractivity contribution in [3.63, 3.8) is 0 Å². The summed E-state index contributed by atoms with van der Waals surface area (Å²) in [5, 5.41) is 4.12. The van der Waals surface area contributed by atoms with Gasteiger partial charge >= 0.3 is 0 Å². The highest BCUT2D eigenvalue weighted by Crippen LogP contribution is 2.31. The van der Waals surface area contributed by atoms with Crippen molar-refractivity contribution >= 4 is 5.91 Å². The molecule has 120 valence electrons. The normalized spacial score (nSPS) is 21.9. The van der Waals surface area contributed by atoms with Crippen molar-refractivity contribution in [2.75, 3.05) is 13.1 Å². The molecule has 0 spiro atoms. The highest BCUT2D eigenvalue weighted by molar-refractivity contribution is 5.79. The van der Waals surface area contributed by atoms with Crippen molar-refractivity contribution < 1.29 is 9.32 Å². The molecule has 1 saturated heterocycles. The van der Waals surface area contributed by atoms with Crippen LogP contribution in [0.3, 0.4) is 0 Å². The second-order valence-electron chi connectivity index (χ2n) is 6.44. The molecule has 1 aliphatic carbocycles. The molecule has 2 aliphatic rings. The number of carbonyl (C=O) groups is 1. The van der Waals surface area contributed by atoms with Gasteiger partial charge in [0.05, 0.1) is 0 Å². The summed E-state index contributed by atoms with van der Waals surface area (Å²) in [6, 6.07) is 3.70. The number of amides is 1. The van der Waals surface area contributed by atoms with Crippen molar-refractivity contribution in [3.8, 4) is 11.5 Å². The lowest BCUT2D eigenvalue weighted by molar-refractivity contribution is -0.134. The largest absolute Gasteiger partial charge is 0.342 e.